The van der Waals surface area contributed by atoms with E-state index in [9.17, 15) is 33.9 Å². The third kappa shape index (κ3) is 9.02. The normalized spacial score (nSPS) is 18.1. The number of nitrogens with one attached hydrogen (secondary N) is 2. The van der Waals surface area contributed by atoms with Crippen molar-refractivity contribution >= 4 is 35.6 Å². The molecule has 0 saturated carbocycles. The lowest BCUT2D eigenvalue weighted by atomic mass is 10.1. The average molecular weight is 472 g/mol. The second kappa shape index (κ2) is 13.3. The van der Waals surface area contributed by atoms with Crippen LogP contribution in [-0.4, -0.2) is 87.9 Å². The molecule has 33 heavy (non-hydrogen) atoms. The number of likely N-dealkylation sites (tertiary alicyclic amines) is 1. The van der Waals surface area contributed by atoms with E-state index in [1.165, 1.54) is 4.90 Å². The predicted molar refractivity (Wildman–Crippen MR) is 113 cm³/mol. The number of nitrogens with zero attached hydrogens (tertiary/aromatic N) is 1. The Labute approximate surface area is 190 Å². The topological polar surface area (TPSA) is 248 Å². The average Bonchev–Trinajstić information content (AvgIpc) is 3.21. The molecule has 186 valence electrons. The number of carbonyl (C=O) groups excluding carboxylic acids is 4. The quantitative estimate of drug-likeness (QED) is 0.125. The first kappa shape index (κ1) is 27.8. The van der Waals surface area contributed by atoms with Gasteiger partial charge in [0.2, 0.25) is 23.6 Å². The zero-order valence-corrected chi connectivity index (χ0v) is 18.2. The van der Waals surface area contributed by atoms with E-state index in [4.69, 9.17) is 22.3 Å². The van der Waals surface area contributed by atoms with Gasteiger partial charge in [-0.25, -0.2) is 4.79 Å². The van der Waals surface area contributed by atoms with E-state index < -0.39 is 72.6 Å². The summed E-state index contributed by atoms with van der Waals surface area (Å²) in [5.41, 5.74) is 16.0. The van der Waals surface area contributed by atoms with Gasteiger partial charge in [-0.2, -0.15) is 0 Å². The maximum atomic E-state index is 13.0. The molecule has 10 N–H and O–H groups in total. The first-order valence-corrected chi connectivity index (χ1v) is 10.6. The molecule has 14 heteroatoms. The van der Waals surface area contributed by atoms with Gasteiger partial charge in [-0.05, 0) is 38.6 Å². The Morgan fingerprint density at radius 1 is 0.970 bits per heavy atom. The summed E-state index contributed by atoms with van der Waals surface area (Å²) in [6, 6.07) is -5.15. The number of unbranched alkanes of at least 4 members (excludes halogenated alkanes) is 1. The minimum absolute atomic E-state index is 0.138. The Morgan fingerprint density at radius 3 is 2.15 bits per heavy atom. The highest BCUT2D eigenvalue weighted by atomic mass is 16.4. The molecule has 1 rings (SSSR count). The van der Waals surface area contributed by atoms with E-state index >= 15 is 0 Å². The summed E-state index contributed by atoms with van der Waals surface area (Å²) in [6.07, 6.45) is 0.559. The Balaban J connectivity index is 3.00. The van der Waals surface area contributed by atoms with Gasteiger partial charge in [-0.1, -0.05) is 0 Å². The summed E-state index contributed by atoms with van der Waals surface area (Å²) in [4.78, 5) is 72.8. The maximum Gasteiger partial charge on any atom is 0.326 e. The molecule has 1 aliphatic heterocycles. The number of carbonyl (C=O) groups is 6. The van der Waals surface area contributed by atoms with E-state index in [1.54, 1.807) is 0 Å². The van der Waals surface area contributed by atoms with Crippen molar-refractivity contribution in [2.75, 3.05) is 13.1 Å². The van der Waals surface area contributed by atoms with Crippen molar-refractivity contribution in [3.8, 4) is 0 Å². The van der Waals surface area contributed by atoms with Gasteiger partial charge < -0.3 is 42.9 Å². The van der Waals surface area contributed by atoms with E-state index in [1.807, 2.05) is 0 Å². The highest BCUT2D eigenvalue weighted by Crippen LogP contribution is 2.20. The van der Waals surface area contributed by atoms with Crippen molar-refractivity contribution in [3.05, 3.63) is 0 Å². The molecule has 4 amide bonds. The predicted octanol–water partition coefficient (Wildman–Crippen LogP) is -3.16. The van der Waals surface area contributed by atoms with Gasteiger partial charge in [0.1, 0.15) is 18.1 Å². The van der Waals surface area contributed by atoms with Crippen molar-refractivity contribution < 1.29 is 39.0 Å². The molecule has 0 radical (unpaired) electrons. The van der Waals surface area contributed by atoms with E-state index in [2.05, 4.69) is 10.6 Å². The second-order valence-electron chi connectivity index (χ2n) is 7.81. The van der Waals surface area contributed by atoms with Crippen molar-refractivity contribution in [2.45, 2.75) is 69.1 Å². The highest BCUT2D eigenvalue weighted by Gasteiger charge is 2.38. The number of carboxylic acid groups (broad SMARTS) is 2. The van der Waals surface area contributed by atoms with E-state index in [0.717, 1.165) is 0 Å². The fourth-order valence-corrected chi connectivity index (χ4v) is 3.48. The molecule has 4 atom stereocenters. The maximum absolute atomic E-state index is 13.0. The molecule has 0 bridgehead atoms. The Hall–Kier alpha value is -3.26. The number of carboxylic acids is 2. The zero-order valence-electron chi connectivity index (χ0n) is 18.2. The standard InChI is InChI=1S/C19H32N6O8/c20-6-2-1-4-11(18(31)25-7-3-5-13(25)19(32)33)23-17(30)12(9-15(27)28)24-16(29)10(21)8-14(22)26/h10-13H,1-9,20-21H2,(H2,22,26)(H,23,30)(H,24,29)(H,27,28)(H,32,33). The molecule has 1 saturated heterocycles. The smallest absolute Gasteiger partial charge is 0.326 e. The first-order valence-electron chi connectivity index (χ1n) is 10.6. The van der Waals surface area contributed by atoms with Crippen LogP contribution in [0.4, 0.5) is 0 Å². The number of aliphatic carboxylic acids is 2. The summed E-state index contributed by atoms with van der Waals surface area (Å²) in [7, 11) is 0. The number of primary amides is 1. The van der Waals surface area contributed by atoms with Crippen LogP contribution < -0.4 is 27.8 Å². The lowest BCUT2D eigenvalue weighted by molar-refractivity contribution is -0.149. The van der Waals surface area contributed by atoms with Crippen molar-refractivity contribution in [1.82, 2.24) is 15.5 Å². The Morgan fingerprint density at radius 2 is 1.61 bits per heavy atom. The van der Waals surface area contributed by atoms with Gasteiger partial charge in [0.05, 0.1) is 18.9 Å². The summed E-state index contributed by atoms with van der Waals surface area (Å²) in [6.45, 7) is 0.544. The molecule has 0 aromatic heterocycles. The minimum atomic E-state index is -1.59. The third-order valence-corrected chi connectivity index (χ3v) is 5.15. The second-order valence-corrected chi connectivity index (χ2v) is 7.81. The number of amides is 4. The summed E-state index contributed by atoms with van der Waals surface area (Å²) in [5, 5.41) is 23.1. The van der Waals surface area contributed by atoms with Gasteiger partial charge in [0.15, 0.2) is 0 Å². The van der Waals surface area contributed by atoms with E-state index in [-0.39, 0.29) is 19.4 Å². The molecule has 0 aliphatic carbocycles. The van der Waals surface area contributed by atoms with Crippen molar-refractivity contribution in [1.29, 1.82) is 0 Å². The molecule has 1 fully saturated rings. The number of hydrogen-bond acceptors (Lipinski definition) is 8. The van der Waals surface area contributed by atoms with Crippen LogP contribution in [0.1, 0.15) is 44.9 Å². The van der Waals surface area contributed by atoms with Gasteiger partial charge in [0.25, 0.3) is 0 Å². The summed E-state index contributed by atoms with van der Waals surface area (Å²) < 4.78 is 0. The SMILES string of the molecule is NCCCCC(NC(=O)C(CC(=O)O)NC(=O)C(N)CC(N)=O)C(=O)N1CCCC1C(=O)O. The fraction of sp³-hybridized carbons (Fsp3) is 0.684. The van der Waals surface area contributed by atoms with Crippen LogP contribution in [0.5, 0.6) is 0 Å². The number of hydrogen-bond donors (Lipinski definition) is 7. The van der Waals surface area contributed by atoms with Crippen molar-refractivity contribution in [3.63, 3.8) is 0 Å². The summed E-state index contributed by atoms with van der Waals surface area (Å²) >= 11 is 0. The van der Waals surface area contributed by atoms with Crippen LogP contribution in [0.15, 0.2) is 0 Å². The number of nitrogens with two attached hydrogens (primary N) is 3. The van der Waals surface area contributed by atoms with Gasteiger partial charge >= 0.3 is 11.9 Å². The fourth-order valence-electron chi connectivity index (χ4n) is 3.48. The van der Waals surface area contributed by atoms with Crippen LogP contribution >= 0.6 is 0 Å². The lowest BCUT2D eigenvalue weighted by Gasteiger charge is -2.28. The molecule has 1 heterocycles. The van der Waals surface area contributed by atoms with Crippen LogP contribution in [-0.2, 0) is 28.8 Å². The monoisotopic (exact) mass is 472 g/mol. The molecule has 0 aromatic carbocycles. The van der Waals surface area contributed by atoms with Gasteiger partial charge in [0, 0.05) is 6.54 Å². The van der Waals surface area contributed by atoms with Gasteiger partial charge in [-0.15, -0.1) is 0 Å². The molecular weight excluding hydrogens is 440 g/mol. The van der Waals surface area contributed by atoms with Crippen LogP contribution in [0.3, 0.4) is 0 Å². The van der Waals surface area contributed by atoms with Crippen LogP contribution in [0.2, 0.25) is 0 Å². The molecule has 4 unspecified atom stereocenters. The van der Waals surface area contributed by atoms with Crippen molar-refractivity contribution in [2.24, 2.45) is 17.2 Å². The molecule has 0 aromatic rings. The Kier molecular flexibility index (Phi) is 11.2. The highest BCUT2D eigenvalue weighted by molar-refractivity contribution is 5.96. The molecule has 14 nitrogen and oxygen atoms in total. The molecular formula is C19H32N6O8. The van der Waals surface area contributed by atoms with E-state index in [0.29, 0.717) is 25.8 Å². The number of rotatable bonds is 14. The largest absolute Gasteiger partial charge is 0.481 e. The van der Waals surface area contributed by atoms with Crippen LogP contribution in [0.25, 0.3) is 0 Å². The van der Waals surface area contributed by atoms with Gasteiger partial charge in [-0.3, -0.25) is 24.0 Å². The van der Waals surface area contributed by atoms with Crippen LogP contribution in [0, 0.1) is 0 Å². The first-order chi connectivity index (χ1) is 15.5. The Bertz CT molecular complexity index is 761. The lowest BCUT2D eigenvalue weighted by Crippen LogP contribution is -2.57. The zero-order chi connectivity index (χ0) is 25.1. The minimum Gasteiger partial charge on any atom is -0.481 e. The molecule has 1 aliphatic rings. The third-order valence-electron chi connectivity index (χ3n) is 5.15. The summed E-state index contributed by atoms with van der Waals surface area (Å²) in [5.74, 6) is -5.97. The molecule has 0 spiro atoms.